The molecule has 0 aromatic heterocycles. The van der Waals surface area contributed by atoms with Crippen LogP contribution in [0.3, 0.4) is 0 Å². The van der Waals surface area contributed by atoms with Gasteiger partial charge in [0.2, 0.25) is 0 Å². The molecule has 0 saturated carbocycles. The molecular weight excluding hydrogens is 236 g/mol. The van der Waals surface area contributed by atoms with Crippen molar-refractivity contribution in [2.45, 2.75) is 38.3 Å². The van der Waals surface area contributed by atoms with Crippen molar-refractivity contribution in [3.05, 3.63) is 12.7 Å². The van der Waals surface area contributed by atoms with Gasteiger partial charge in [0.1, 0.15) is 12.2 Å². The lowest BCUT2D eigenvalue weighted by Gasteiger charge is -2.42. The summed E-state index contributed by atoms with van der Waals surface area (Å²) in [6.45, 7) is 5.58. The maximum atomic E-state index is 11.2. The molecule has 0 unspecified atom stereocenters. The van der Waals surface area contributed by atoms with Crippen molar-refractivity contribution >= 4 is 5.97 Å². The van der Waals surface area contributed by atoms with E-state index in [-0.39, 0.29) is 30.7 Å². The van der Waals surface area contributed by atoms with Gasteiger partial charge in [-0.3, -0.25) is 4.79 Å². The summed E-state index contributed by atoms with van der Waals surface area (Å²) in [4.78, 5) is 11.2. The van der Waals surface area contributed by atoms with Crippen LogP contribution in [0.1, 0.15) is 19.8 Å². The zero-order valence-electron chi connectivity index (χ0n) is 10.6. The number of aliphatic hydroxyl groups excluding tert-OH is 1. The maximum absolute atomic E-state index is 11.2. The van der Waals surface area contributed by atoms with E-state index in [9.17, 15) is 9.90 Å². The molecule has 2 saturated heterocycles. The average Bonchev–Trinajstić information content (AvgIpc) is 2.79. The molecule has 0 spiro atoms. The number of carbonyl (C=O) groups is 1. The van der Waals surface area contributed by atoms with Gasteiger partial charge in [0.05, 0.1) is 13.2 Å². The van der Waals surface area contributed by atoms with Gasteiger partial charge in [-0.15, -0.1) is 6.58 Å². The van der Waals surface area contributed by atoms with Crippen molar-refractivity contribution in [1.29, 1.82) is 0 Å². The molecule has 1 N–H and O–H groups in total. The summed E-state index contributed by atoms with van der Waals surface area (Å²) in [6.07, 6.45) is 2.20. The first kappa shape index (κ1) is 13.5. The molecule has 102 valence electrons. The Morgan fingerprint density at radius 1 is 1.61 bits per heavy atom. The van der Waals surface area contributed by atoms with E-state index in [1.54, 1.807) is 0 Å². The van der Waals surface area contributed by atoms with E-state index in [1.165, 1.54) is 6.92 Å². The number of ether oxygens (including phenoxy) is 3. The smallest absolute Gasteiger partial charge is 0.303 e. The fraction of sp³-hybridized carbons (Fsp3) is 0.769. The summed E-state index contributed by atoms with van der Waals surface area (Å²) in [5, 5.41) is 9.38. The van der Waals surface area contributed by atoms with Gasteiger partial charge < -0.3 is 19.3 Å². The van der Waals surface area contributed by atoms with Gasteiger partial charge in [-0.05, 0) is 12.8 Å². The molecule has 2 fully saturated rings. The first-order valence-corrected chi connectivity index (χ1v) is 6.33. The third-order valence-corrected chi connectivity index (χ3v) is 3.65. The quantitative estimate of drug-likeness (QED) is 0.597. The van der Waals surface area contributed by atoms with Gasteiger partial charge in [0, 0.05) is 18.8 Å². The Labute approximate surface area is 107 Å². The lowest BCUT2D eigenvalue weighted by molar-refractivity contribution is -0.251. The number of aliphatic hydroxyl groups is 1. The molecule has 2 aliphatic heterocycles. The highest BCUT2D eigenvalue weighted by molar-refractivity contribution is 5.66. The van der Waals surface area contributed by atoms with Crippen molar-refractivity contribution in [3.63, 3.8) is 0 Å². The number of allylic oxidation sites excluding steroid dienone is 1. The van der Waals surface area contributed by atoms with E-state index in [0.29, 0.717) is 6.61 Å². The van der Waals surface area contributed by atoms with Crippen LogP contribution >= 0.6 is 0 Å². The van der Waals surface area contributed by atoms with Crippen LogP contribution < -0.4 is 0 Å². The van der Waals surface area contributed by atoms with Crippen molar-refractivity contribution in [2.24, 2.45) is 11.8 Å². The molecule has 0 bridgehead atoms. The Morgan fingerprint density at radius 2 is 2.39 bits per heavy atom. The molecule has 5 atom stereocenters. The monoisotopic (exact) mass is 256 g/mol. The Hall–Kier alpha value is -0.910. The van der Waals surface area contributed by atoms with E-state index < -0.39 is 12.2 Å². The molecule has 0 aliphatic carbocycles. The van der Waals surface area contributed by atoms with Gasteiger partial charge in [-0.2, -0.15) is 0 Å². The number of hydrogen-bond acceptors (Lipinski definition) is 5. The van der Waals surface area contributed by atoms with Crippen molar-refractivity contribution in [3.8, 4) is 0 Å². The standard InChI is InChI=1S/C13H20O5/c1-3-4-9-10-5-6-16-13(10)18-11(7-14)12(9)17-8(2)15/h3,9-14H,1,4-7H2,2H3/t9-,10-,11-,12+,13+/m1/s1. The summed E-state index contributed by atoms with van der Waals surface area (Å²) >= 11 is 0. The molecule has 2 rings (SSSR count). The molecular formula is C13H20O5. The normalized spacial score (nSPS) is 39.1. The summed E-state index contributed by atoms with van der Waals surface area (Å²) in [5.74, 6) is -0.0478. The van der Waals surface area contributed by atoms with Crippen LogP contribution in [0.4, 0.5) is 0 Å². The minimum Gasteiger partial charge on any atom is -0.459 e. The van der Waals surface area contributed by atoms with Crippen LogP contribution in [0.5, 0.6) is 0 Å². The van der Waals surface area contributed by atoms with Crippen LogP contribution in [0.15, 0.2) is 12.7 Å². The largest absolute Gasteiger partial charge is 0.459 e. The number of rotatable bonds is 4. The van der Waals surface area contributed by atoms with Crippen LogP contribution in [0.2, 0.25) is 0 Å². The summed E-state index contributed by atoms with van der Waals surface area (Å²) < 4.78 is 16.5. The van der Waals surface area contributed by atoms with Crippen LogP contribution in [0, 0.1) is 11.8 Å². The van der Waals surface area contributed by atoms with Crippen molar-refractivity contribution in [1.82, 2.24) is 0 Å². The second-order valence-corrected chi connectivity index (χ2v) is 4.81. The predicted molar refractivity (Wildman–Crippen MR) is 63.7 cm³/mol. The fourth-order valence-electron chi connectivity index (χ4n) is 2.91. The highest BCUT2D eigenvalue weighted by Gasteiger charge is 2.49. The third-order valence-electron chi connectivity index (χ3n) is 3.65. The highest BCUT2D eigenvalue weighted by atomic mass is 16.7. The van der Waals surface area contributed by atoms with E-state index in [4.69, 9.17) is 14.2 Å². The lowest BCUT2D eigenvalue weighted by atomic mass is 9.79. The molecule has 0 amide bonds. The Bertz CT molecular complexity index is 317. The minimum atomic E-state index is -0.516. The first-order valence-electron chi connectivity index (χ1n) is 6.33. The number of esters is 1. The molecule has 0 aromatic rings. The van der Waals surface area contributed by atoms with E-state index in [0.717, 1.165) is 12.8 Å². The van der Waals surface area contributed by atoms with E-state index in [1.807, 2.05) is 6.08 Å². The fourth-order valence-corrected chi connectivity index (χ4v) is 2.91. The maximum Gasteiger partial charge on any atom is 0.303 e. The lowest BCUT2D eigenvalue weighted by Crippen LogP contribution is -2.52. The van der Waals surface area contributed by atoms with Crippen LogP contribution in [-0.4, -0.2) is 42.8 Å². The van der Waals surface area contributed by atoms with Gasteiger partial charge >= 0.3 is 5.97 Å². The zero-order valence-corrected chi connectivity index (χ0v) is 10.6. The topological polar surface area (TPSA) is 65.0 Å². The van der Waals surface area contributed by atoms with Crippen molar-refractivity contribution in [2.75, 3.05) is 13.2 Å². The van der Waals surface area contributed by atoms with Gasteiger partial charge in [0.15, 0.2) is 6.29 Å². The Balaban J connectivity index is 2.18. The van der Waals surface area contributed by atoms with Crippen LogP contribution in [-0.2, 0) is 19.0 Å². The summed E-state index contributed by atoms with van der Waals surface area (Å²) in [5.41, 5.74) is 0. The third kappa shape index (κ3) is 2.58. The molecule has 5 nitrogen and oxygen atoms in total. The molecule has 0 aromatic carbocycles. The second kappa shape index (κ2) is 5.82. The first-order chi connectivity index (χ1) is 8.67. The van der Waals surface area contributed by atoms with Crippen molar-refractivity contribution < 1.29 is 24.1 Å². The Morgan fingerprint density at radius 3 is 3.00 bits per heavy atom. The average molecular weight is 256 g/mol. The van der Waals surface area contributed by atoms with Gasteiger partial charge in [-0.1, -0.05) is 6.08 Å². The zero-order chi connectivity index (χ0) is 13.1. The van der Waals surface area contributed by atoms with E-state index in [2.05, 4.69) is 6.58 Å². The predicted octanol–water partition coefficient (Wildman–Crippen LogP) is 0.864. The molecule has 0 radical (unpaired) electrons. The Kier molecular flexibility index (Phi) is 4.37. The minimum absolute atomic E-state index is 0.102. The summed E-state index contributed by atoms with van der Waals surface area (Å²) in [7, 11) is 0. The summed E-state index contributed by atoms with van der Waals surface area (Å²) in [6, 6.07) is 0. The van der Waals surface area contributed by atoms with Gasteiger partial charge in [-0.25, -0.2) is 0 Å². The molecule has 5 heteroatoms. The van der Waals surface area contributed by atoms with Crippen LogP contribution in [0.25, 0.3) is 0 Å². The number of hydrogen-bond donors (Lipinski definition) is 1. The van der Waals surface area contributed by atoms with Gasteiger partial charge in [0.25, 0.3) is 0 Å². The molecule has 2 heterocycles. The second-order valence-electron chi connectivity index (χ2n) is 4.81. The molecule has 18 heavy (non-hydrogen) atoms. The highest BCUT2D eigenvalue weighted by Crippen LogP contribution is 2.41. The van der Waals surface area contributed by atoms with E-state index >= 15 is 0 Å². The number of carbonyl (C=O) groups excluding carboxylic acids is 1. The SMILES string of the molecule is C=CC[C@@H]1[C@H]2CCO[C@H]2O[C@H](CO)[C@H]1OC(C)=O. The number of fused-ring (bicyclic) bond motifs is 1. The molecule has 2 aliphatic rings.